The number of ether oxygens (including phenoxy) is 2. The summed E-state index contributed by atoms with van der Waals surface area (Å²) in [7, 11) is -4.76. The Morgan fingerprint density at radius 2 is 0.921 bits per heavy atom. The number of carbonyl (C=O) groups is 2. The Labute approximate surface area is 234 Å². The summed E-state index contributed by atoms with van der Waals surface area (Å²) in [5.41, 5.74) is 0. The Morgan fingerprint density at radius 1 is 0.579 bits per heavy atom. The van der Waals surface area contributed by atoms with E-state index in [2.05, 4.69) is 27.7 Å². The van der Waals surface area contributed by atoms with Crippen molar-refractivity contribution in [3.8, 4) is 0 Å². The van der Waals surface area contributed by atoms with Crippen LogP contribution in [0.2, 0.25) is 0 Å². The van der Waals surface area contributed by atoms with Gasteiger partial charge < -0.3 is 9.47 Å². The highest BCUT2D eigenvalue weighted by molar-refractivity contribution is 7.87. The fourth-order valence-electron chi connectivity index (χ4n) is 4.40. The zero-order valence-electron chi connectivity index (χ0n) is 24.9. The molecular weight excluding hydrogens is 504 g/mol. The summed E-state index contributed by atoms with van der Waals surface area (Å²) in [6, 6.07) is 0. The summed E-state index contributed by atoms with van der Waals surface area (Å²) in [6.45, 7) is 9.25. The number of rotatable bonds is 26. The summed E-state index contributed by atoms with van der Waals surface area (Å²) in [5.74, 6) is -0.372. The third-order valence-electron chi connectivity index (χ3n) is 6.83. The van der Waals surface area contributed by atoms with E-state index in [9.17, 15) is 22.6 Å². The van der Waals surface area contributed by atoms with E-state index >= 15 is 0 Å². The van der Waals surface area contributed by atoms with Gasteiger partial charge in [0.2, 0.25) is 0 Å². The topological polar surface area (TPSA) is 107 Å². The van der Waals surface area contributed by atoms with Crippen molar-refractivity contribution in [2.24, 2.45) is 11.8 Å². The van der Waals surface area contributed by atoms with Crippen molar-refractivity contribution in [2.45, 2.75) is 155 Å². The van der Waals surface area contributed by atoms with Crippen molar-refractivity contribution in [3.63, 3.8) is 0 Å². The molecule has 0 fully saturated rings. The Bertz CT molecular complexity index is 689. The minimum atomic E-state index is -4.76. The lowest BCUT2D eigenvalue weighted by atomic mass is 10.0. The van der Waals surface area contributed by atoms with Gasteiger partial charge in [0.1, 0.15) is 0 Å². The van der Waals surface area contributed by atoms with Gasteiger partial charge in [0, 0.05) is 0 Å². The van der Waals surface area contributed by atoms with Crippen LogP contribution in [0.5, 0.6) is 0 Å². The molecule has 1 N–H and O–H groups in total. The van der Waals surface area contributed by atoms with Gasteiger partial charge in [-0.05, 0) is 24.7 Å². The Morgan fingerprint density at radius 3 is 1.29 bits per heavy atom. The molecule has 0 spiro atoms. The third-order valence-corrected chi connectivity index (χ3v) is 7.91. The molecule has 226 valence electrons. The summed E-state index contributed by atoms with van der Waals surface area (Å²) >= 11 is 0. The van der Waals surface area contributed by atoms with Gasteiger partial charge in [0.25, 0.3) is 10.1 Å². The van der Waals surface area contributed by atoms with Crippen molar-refractivity contribution in [3.05, 3.63) is 0 Å². The number of carbonyl (C=O) groups excluding carboxylic acids is 2. The lowest BCUT2D eigenvalue weighted by molar-refractivity contribution is -0.150. The summed E-state index contributed by atoms with van der Waals surface area (Å²) in [5, 5.41) is -1.93. The van der Waals surface area contributed by atoms with Crippen molar-refractivity contribution in [1.29, 1.82) is 0 Å². The van der Waals surface area contributed by atoms with Gasteiger partial charge >= 0.3 is 11.9 Å². The van der Waals surface area contributed by atoms with Crippen LogP contribution in [0.15, 0.2) is 0 Å². The van der Waals surface area contributed by atoms with E-state index in [1.165, 1.54) is 64.2 Å². The van der Waals surface area contributed by atoms with Crippen molar-refractivity contribution in [2.75, 3.05) is 13.2 Å². The molecule has 0 rings (SSSR count). The largest absolute Gasteiger partial charge is 0.466 e. The maximum absolute atomic E-state index is 12.2. The van der Waals surface area contributed by atoms with Crippen LogP contribution < -0.4 is 0 Å². The molecule has 0 aromatic rings. The lowest BCUT2D eigenvalue weighted by Gasteiger charge is -2.13. The van der Waals surface area contributed by atoms with E-state index in [-0.39, 0.29) is 13.2 Å². The highest BCUT2D eigenvalue weighted by atomic mass is 32.2. The average Bonchev–Trinajstić information content (AvgIpc) is 2.83. The quantitative estimate of drug-likeness (QED) is 0.0645. The Kier molecular flexibility index (Phi) is 23.0. The lowest BCUT2D eigenvalue weighted by Crippen LogP contribution is -2.34. The van der Waals surface area contributed by atoms with Gasteiger partial charge in [-0.25, -0.2) is 0 Å². The normalized spacial score (nSPS) is 12.7. The molecule has 1 atom stereocenters. The molecule has 0 aliphatic rings. The van der Waals surface area contributed by atoms with Gasteiger partial charge in [0.15, 0.2) is 5.25 Å². The number of hydrogen-bond acceptors (Lipinski definition) is 6. The van der Waals surface area contributed by atoms with E-state index in [0.29, 0.717) is 12.8 Å². The van der Waals surface area contributed by atoms with Gasteiger partial charge in [-0.15, -0.1) is 0 Å². The van der Waals surface area contributed by atoms with E-state index in [0.717, 1.165) is 50.4 Å². The molecule has 0 radical (unpaired) electrons. The van der Waals surface area contributed by atoms with Crippen LogP contribution in [0.25, 0.3) is 0 Å². The average molecular weight is 563 g/mol. The summed E-state index contributed by atoms with van der Waals surface area (Å²) < 4.78 is 42.9. The molecule has 0 aromatic carbocycles. The van der Waals surface area contributed by atoms with Crippen molar-refractivity contribution < 1.29 is 32.0 Å². The molecule has 0 aromatic heterocycles. The molecule has 38 heavy (non-hydrogen) atoms. The maximum Gasteiger partial charge on any atom is 0.327 e. The van der Waals surface area contributed by atoms with Crippen LogP contribution in [0, 0.1) is 11.8 Å². The van der Waals surface area contributed by atoms with Crippen LogP contribution >= 0.6 is 0 Å². The molecular formula is C30H58O7S. The minimum absolute atomic E-state index is 0.0754. The van der Waals surface area contributed by atoms with Gasteiger partial charge in [-0.3, -0.25) is 14.1 Å². The smallest absolute Gasteiger partial charge is 0.327 e. The summed E-state index contributed by atoms with van der Waals surface area (Å²) in [6.07, 6.45) is 19.4. The number of esters is 2. The second-order valence-electron chi connectivity index (χ2n) is 11.6. The SMILES string of the molecule is CC(C)CCCCCCCCCCOC(=O)C[C@@H](C(=O)OCCCCCCCCCCC(C)C)S(=O)(=O)O. The van der Waals surface area contributed by atoms with Crippen LogP contribution in [-0.4, -0.2) is 43.4 Å². The standard InChI is InChI=1S/C30H58O7S/c1-26(2)21-17-13-9-5-7-11-15-19-23-36-29(31)25-28(38(33,34)35)30(32)37-24-20-16-12-8-6-10-14-18-22-27(3)4/h26-28H,5-25H2,1-4H3,(H,33,34,35)/t28-/m0/s1. The van der Waals surface area contributed by atoms with Gasteiger partial charge in [0.05, 0.1) is 19.6 Å². The molecule has 0 aliphatic heterocycles. The predicted molar refractivity (Wildman–Crippen MR) is 155 cm³/mol. The fourth-order valence-corrected chi connectivity index (χ4v) is 5.06. The fraction of sp³-hybridized carbons (Fsp3) is 0.933. The monoisotopic (exact) mass is 562 g/mol. The molecule has 0 heterocycles. The third kappa shape index (κ3) is 23.9. The summed E-state index contributed by atoms with van der Waals surface area (Å²) in [4.78, 5) is 24.3. The van der Waals surface area contributed by atoms with E-state index in [1.807, 2.05) is 0 Å². The Balaban J connectivity index is 3.91. The van der Waals surface area contributed by atoms with Crippen molar-refractivity contribution in [1.82, 2.24) is 0 Å². The second-order valence-corrected chi connectivity index (χ2v) is 13.2. The van der Waals surface area contributed by atoms with Gasteiger partial charge in [-0.1, -0.05) is 130 Å². The second kappa shape index (κ2) is 23.7. The van der Waals surface area contributed by atoms with E-state index < -0.39 is 33.7 Å². The zero-order valence-corrected chi connectivity index (χ0v) is 25.7. The van der Waals surface area contributed by atoms with Crippen LogP contribution in [-0.2, 0) is 29.2 Å². The first-order valence-corrected chi connectivity index (χ1v) is 16.8. The van der Waals surface area contributed by atoms with E-state index in [4.69, 9.17) is 9.47 Å². The molecule has 0 saturated carbocycles. The zero-order chi connectivity index (χ0) is 28.7. The van der Waals surface area contributed by atoms with Crippen LogP contribution in [0.3, 0.4) is 0 Å². The Hall–Kier alpha value is -1.15. The number of unbranched alkanes of at least 4 members (excludes halogenated alkanes) is 14. The highest BCUT2D eigenvalue weighted by Gasteiger charge is 2.35. The maximum atomic E-state index is 12.2. The van der Waals surface area contributed by atoms with Crippen LogP contribution in [0.4, 0.5) is 0 Å². The molecule has 0 aliphatic carbocycles. The van der Waals surface area contributed by atoms with Crippen molar-refractivity contribution >= 4 is 22.1 Å². The molecule has 0 saturated heterocycles. The first-order chi connectivity index (χ1) is 18.0. The highest BCUT2D eigenvalue weighted by Crippen LogP contribution is 2.15. The van der Waals surface area contributed by atoms with E-state index in [1.54, 1.807) is 0 Å². The number of hydrogen-bond donors (Lipinski definition) is 1. The minimum Gasteiger partial charge on any atom is -0.466 e. The first kappa shape index (κ1) is 36.8. The van der Waals surface area contributed by atoms with Gasteiger partial charge in [-0.2, -0.15) is 8.42 Å². The predicted octanol–water partition coefficient (Wildman–Crippen LogP) is 8.05. The molecule has 0 unspecified atom stereocenters. The van der Waals surface area contributed by atoms with Crippen LogP contribution in [0.1, 0.15) is 150 Å². The molecule has 0 bridgehead atoms. The molecule has 7 nitrogen and oxygen atoms in total. The molecule has 8 heteroatoms. The first-order valence-electron chi connectivity index (χ1n) is 15.3. The molecule has 0 amide bonds.